The van der Waals surface area contributed by atoms with E-state index >= 15 is 0 Å². The molecule has 0 aromatic carbocycles. The molecule has 0 aromatic rings. The summed E-state index contributed by atoms with van der Waals surface area (Å²) in [5.41, 5.74) is 0.307. The maximum absolute atomic E-state index is 3.45. The number of hydrogen-bond donors (Lipinski definition) is 1. The lowest BCUT2D eigenvalue weighted by atomic mass is 9.93. The molecule has 0 saturated carbocycles. The van der Waals surface area contributed by atoms with Crippen LogP contribution in [0.4, 0.5) is 0 Å². The number of piperidine rings is 1. The zero-order chi connectivity index (χ0) is 13.2. The van der Waals surface area contributed by atoms with E-state index in [1.807, 2.05) is 0 Å². The molecule has 0 aromatic heterocycles. The summed E-state index contributed by atoms with van der Waals surface area (Å²) in [7, 11) is 0. The normalized spacial score (nSPS) is 32.7. The molecule has 2 aliphatic heterocycles. The molecular formula is C15H31N3. The molecule has 2 unspecified atom stereocenters. The third-order valence-corrected chi connectivity index (χ3v) is 4.92. The Balaban J connectivity index is 1.96. The summed E-state index contributed by atoms with van der Waals surface area (Å²) in [6.07, 6.45) is 4.16. The molecule has 106 valence electrons. The van der Waals surface area contributed by atoms with E-state index in [1.54, 1.807) is 0 Å². The van der Waals surface area contributed by atoms with Gasteiger partial charge in [-0.05, 0) is 40.5 Å². The summed E-state index contributed by atoms with van der Waals surface area (Å²) >= 11 is 0. The number of nitrogens with one attached hydrogen (secondary N) is 1. The van der Waals surface area contributed by atoms with Crippen LogP contribution < -0.4 is 5.32 Å². The van der Waals surface area contributed by atoms with Crippen LogP contribution in [0.2, 0.25) is 0 Å². The van der Waals surface area contributed by atoms with E-state index in [9.17, 15) is 0 Å². The van der Waals surface area contributed by atoms with Gasteiger partial charge in [0.2, 0.25) is 0 Å². The van der Waals surface area contributed by atoms with Crippen molar-refractivity contribution in [2.24, 2.45) is 0 Å². The molecule has 2 heterocycles. The van der Waals surface area contributed by atoms with E-state index in [0.717, 1.165) is 25.2 Å². The second kappa shape index (κ2) is 5.89. The maximum atomic E-state index is 3.45. The van der Waals surface area contributed by atoms with Gasteiger partial charge in [-0.2, -0.15) is 0 Å². The van der Waals surface area contributed by atoms with Crippen LogP contribution in [0.25, 0.3) is 0 Å². The number of rotatable bonds is 3. The monoisotopic (exact) mass is 253 g/mol. The Hall–Kier alpha value is -0.120. The lowest BCUT2D eigenvalue weighted by Crippen LogP contribution is -2.60. The lowest BCUT2D eigenvalue weighted by Gasteiger charge is -2.48. The van der Waals surface area contributed by atoms with E-state index in [-0.39, 0.29) is 0 Å². The van der Waals surface area contributed by atoms with Crippen LogP contribution in [0.3, 0.4) is 0 Å². The third kappa shape index (κ3) is 3.25. The molecule has 2 saturated heterocycles. The Morgan fingerprint density at radius 3 is 2.17 bits per heavy atom. The maximum Gasteiger partial charge on any atom is 0.0281 e. The summed E-state index contributed by atoms with van der Waals surface area (Å²) in [4.78, 5) is 5.41. The Morgan fingerprint density at radius 1 is 1.06 bits per heavy atom. The Bertz CT molecular complexity index is 248. The Labute approximate surface area is 113 Å². The zero-order valence-corrected chi connectivity index (χ0v) is 12.7. The largest absolute Gasteiger partial charge is 0.314 e. The highest BCUT2D eigenvalue weighted by Crippen LogP contribution is 2.26. The fraction of sp³-hybridized carbons (Fsp3) is 1.00. The summed E-state index contributed by atoms with van der Waals surface area (Å²) in [5, 5.41) is 3.45. The lowest BCUT2D eigenvalue weighted by molar-refractivity contribution is 0.0158. The van der Waals surface area contributed by atoms with Gasteiger partial charge in [0.1, 0.15) is 0 Å². The molecule has 2 rings (SSSR count). The molecule has 3 heteroatoms. The third-order valence-electron chi connectivity index (χ3n) is 4.92. The van der Waals surface area contributed by atoms with E-state index in [0.29, 0.717) is 5.54 Å². The molecule has 0 radical (unpaired) electrons. The average molecular weight is 253 g/mol. The quantitative estimate of drug-likeness (QED) is 0.829. The molecule has 2 aliphatic rings. The molecule has 2 fully saturated rings. The minimum atomic E-state index is 0.307. The number of nitrogens with zero attached hydrogens (tertiary/aromatic N) is 2. The van der Waals surface area contributed by atoms with Gasteiger partial charge in [-0.3, -0.25) is 9.80 Å². The highest BCUT2D eigenvalue weighted by atomic mass is 15.3. The Kier molecular flexibility index (Phi) is 4.68. The van der Waals surface area contributed by atoms with E-state index < -0.39 is 0 Å². The zero-order valence-electron chi connectivity index (χ0n) is 12.7. The van der Waals surface area contributed by atoms with Crippen molar-refractivity contribution in [2.75, 3.05) is 32.7 Å². The summed E-state index contributed by atoms with van der Waals surface area (Å²) in [5.74, 6) is 0. The van der Waals surface area contributed by atoms with E-state index in [1.165, 1.54) is 38.9 Å². The fourth-order valence-electron chi connectivity index (χ4n) is 3.60. The number of hydrogen-bond acceptors (Lipinski definition) is 3. The van der Waals surface area contributed by atoms with Crippen molar-refractivity contribution in [3.8, 4) is 0 Å². The van der Waals surface area contributed by atoms with Crippen molar-refractivity contribution in [1.82, 2.24) is 15.1 Å². The van der Waals surface area contributed by atoms with Gasteiger partial charge >= 0.3 is 0 Å². The van der Waals surface area contributed by atoms with Crippen molar-refractivity contribution in [1.29, 1.82) is 0 Å². The average Bonchev–Trinajstić information content (AvgIpc) is 2.35. The van der Waals surface area contributed by atoms with Gasteiger partial charge in [0.15, 0.2) is 0 Å². The molecule has 2 atom stereocenters. The van der Waals surface area contributed by atoms with Crippen molar-refractivity contribution in [3.63, 3.8) is 0 Å². The summed E-state index contributed by atoms with van der Waals surface area (Å²) < 4.78 is 0. The van der Waals surface area contributed by atoms with Crippen molar-refractivity contribution < 1.29 is 0 Å². The minimum Gasteiger partial charge on any atom is -0.314 e. The Morgan fingerprint density at radius 2 is 1.61 bits per heavy atom. The standard InChI is InChI=1S/C15H31N3/c1-13-6-5-7-14(2)18(13)12-15(3,4)17-10-8-16-9-11-17/h13-14,16H,5-12H2,1-4H3. The first-order valence-electron chi connectivity index (χ1n) is 7.72. The van der Waals surface area contributed by atoms with Crippen LogP contribution in [0.15, 0.2) is 0 Å². The second-order valence-electron chi connectivity index (χ2n) is 6.85. The molecule has 0 spiro atoms. The van der Waals surface area contributed by atoms with Crippen LogP contribution in [-0.2, 0) is 0 Å². The van der Waals surface area contributed by atoms with Gasteiger partial charge < -0.3 is 5.32 Å². The molecule has 18 heavy (non-hydrogen) atoms. The van der Waals surface area contributed by atoms with Gasteiger partial charge in [0.05, 0.1) is 0 Å². The molecule has 3 nitrogen and oxygen atoms in total. The molecule has 0 aliphatic carbocycles. The topological polar surface area (TPSA) is 18.5 Å². The van der Waals surface area contributed by atoms with Crippen LogP contribution in [0.1, 0.15) is 47.0 Å². The van der Waals surface area contributed by atoms with Crippen LogP contribution >= 0.6 is 0 Å². The first-order chi connectivity index (χ1) is 8.50. The smallest absolute Gasteiger partial charge is 0.0281 e. The minimum absolute atomic E-state index is 0.307. The molecule has 0 bridgehead atoms. The van der Waals surface area contributed by atoms with Gasteiger partial charge in [-0.15, -0.1) is 0 Å². The summed E-state index contributed by atoms with van der Waals surface area (Å²) in [6, 6.07) is 1.52. The second-order valence-corrected chi connectivity index (χ2v) is 6.85. The highest BCUT2D eigenvalue weighted by Gasteiger charge is 2.34. The molecule has 1 N–H and O–H groups in total. The van der Waals surface area contributed by atoms with Crippen molar-refractivity contribution >= 4 is 0 Å². The van der Waals surface area contributed by atoms with Crippen molar-refractivity contribution in [3.05, 3.63) is 0 Å². The van der Waals surface area contributed by atoms with Gasteiger partial charge in [-0.1, -0.05) is 6.42 Å². The van der Waals surface area contributed by atoms with E-state index in [2.05, 4.69) is 42.8 Å². The van der Waals surface area contributed by atoms with Crippen LogP contribution in [0.5, 0.6) is 0 Å². The van der Waals surface area contributed by atoms with Crippen LogP contribution in [0, 0.1) is 0 Å². The predicted octanol–water partition coefficient (Wildman–Crippen LogP) is 1.93. The van der Waals surface area contributed by atoms with E-state index in [4.69, 9.17) is 0 Å². The first-order valence-corrected chi connectivity index (χ1v) is 7.72. The SMILES string of the molecule is CC1CCCC(C)N1CC(C)(C)N1CCNCC1. The summed E-state index contributed by atoms with van der Waals surface area (Å²) in [6.45, 7) is 15.6. The molecular weight excluding hydrogens is 222 g/mol. The highest BCUT2D eigenvalue weighted by molar-refractivity contribution is 4.91. The van der Waals surface area contributed by atoms with Gasteiger partial charge in [0, 0.05) is 50.3 Å². The van der Waals surface area contributed by atoms with Gasteiger partial charge in [0.25, 0.3) is 0 Å². The van der Waals surface area contributed by atoms with Crippen molar-refractivity contribution in [2.45, 2.75) is 64.6 Å². The predicted molar refractivity (Wildman–Crippen MR) is 78.0 cm³/mol. The number of piperazine rings is 1. The first kappa shape index (κ1) is 14.3. The van der Waals surface area contributed by atoms with Crippen LogP contribution in [-0.4, -0.2) is 60.1 Å². The molecule has 0 amide bonds. The fourth-order valence-corrected chi connectivity index (χ4v) is 3.60. The van der Waals surface area contributed by atoms with Gasteiger partial charge in [-0.25, -0.2) is 0 Å². The number of likely N-dealkylation sites (tertiary alicyclic amines) is 1.